The molecule has 0 saturated carbocycles. The van der Waals surface area contributed by atoms with Crippen molar-refractivity contribution in [3.8, 4) is 0 Å². The Labute approximate surface area is 126 Å². The van der Waals surface area contributed by atoms with E-state index in [4.69, 9.17) is 23.2 Å². The number of halogens is 2. The van der Waals surface area contributed by atoms with E-state index in [0.717, 1.165) is 23.5 Å². The minimum absolute atomic E-state index is 0.648. The molecule has 0 atom stereocenters. The predicted molar refractivity (Wildman–Crippen MR) is 84.6 cm³/mol. The van der Waals surface area contributed by atoms with Gasteiger partial charge >= 0.3 is 0 Å². The van der Waals surface area contributed by atoms with E-state index in [1.807, 2.05) is 12.1 Å². The topological polar surface area (TPSA) is 24.1 Å². The molecule has 98 valence electrons. The van der Waals surface area contributed by atoms with Crippen LogP contribution in [0.25, 0.3) is 0 Å². The molecular formula is C14H12Cl2N2S. The summed E-state index contributed by atoms with van der Waals surface area (Å²) in [5, 5.41) is 4.64. The minimum atomic E-state index is 0.648. The lowest BCUT2D eigenvalue weighted by Crippen LogP contribution is -1.90. The first-order valence-corrected chi connectivity index (χ1v) is 7.54. The second-order valence-electron chi connectivity index (χ2n) is 4.36. The van der Waals surface area contributed by atoms with E-state index in [9.17, 15) is 0 Å². The Morgan fingerprint density at radius 1 is 1.05 bits per heavy atom. The maximum atomic E-state index is 5.97. The molecule has 3 rings (SSSR count). The van der Waals surface area contributed by atoms with Crippen LogP contribution in [-0.4, -0.2) is 6.54 Å². The quantitative estimate of drug-likeness (QED) is 0.773. The number of benzene rings is 2. The van der Waals surface area contributed by atoms with Gasteiger partial charge in [-0.2, -0.15) is 0 Å². The van der Waals surface area contributed by atoms with Gasteiger partial charge in [0, 0.05) is 32.9 Å². The molecule has 5 heteroatoms. The average molecular weight is 311 g/mol. The zero-order valence-corrected chi connectivity index (χ0v) is 12.4. The van der Waals surface area contributed by atoms with Crippen molar-refractivity contribution in [3.05, 3.63) is 52.0 Å². The number of rotatable bonds is 3. The Morgan fingerprint density at radius 3 is 2.63 bits per heavy atom. The van der Waals surface area contributed by atoms with E-state index in [2.05, 4.69) is 28.2 Å². The van der Waals surface area contributed by atoms with Gasteiger partial charge in [-0.05, 0) is 60.3 Å². The zero-order chi connectivity index (χ0) is 13.2. The van der Waals surface area contributed by atoms with Gasteiger partial charge in [-0.25, -0.2) is 0 Å². The second kappa shape index (κ2) is 5.53. The van der Waals surface area contributed by atoms with Gasteiger partial charge in [-0.3, -0.25) is 0 Å². The summed E-state index contributed by atoms with van der Waals surface area (Å²) in [5.74, 6) is 0. The lowest BCUT2D eigenvalue weighted by molar-refractivity contribution is 1.11. The summed E-state index contributed by atoms with van der Waals surface area (Å²) in [7, 11) is 0. The summed E-state index contributed by atoms with van der Waals surface area (Å²) in [5.41, 5.74) is 3.68. The maximum Gasteiger partial charge on any atom is 0.0447 e. The second-order valence-corrected chi connectivity index (χ2v) is 6.11. The highest BCUT2D eigenvalue weighted by Gasteiger charge is 2.09. The summed E-state index contributed by atoms with van der Waals surface area (Å²) in [6, 6.07) is 11.9. The van der Waals surface area contributed by atoms with Crippen molar-refractivity contribution < 1.29 is 0 Å². The van der Waals surface area contributed by atoms with Crippen LogP contribution in [0.3, 0.4) is 0 Å². The molecule has 0 saturated heterocycles. The van der Waals surface area contributed by atoms with Crippen molar-refractivity contribution in [2.45, 2.75) is 11.3 Å². The largest absolute Gasteiger partial charge is 0.384 e. The van der Waals surface area contributed by atoms with Gasteiger partial charge in [-0.15, -0.1) is 0 Å². The molecule has 0 aromatic heterocycles. The van der Waals surface area contributed by atoms with Crippen LogP contribution < -0.4 is 10.0 Å². The highest BCUT2D eigenvalue weighted by molar-refractivity contribution is 8.00. The van der Waals surface area contributed by atoms with Gasteiger partial charge in [0.25, 0.3) is 0 Å². The number of anilines is 2. The fraction of sp³-hybridized carbons (Fsp3) is 0.143. The van der Waals surface area contributed by atoms with Crippen LogP contribution in [0.15, 0.2) is 41.3 Å². The fourth-order valence-corrected chi connectivity index (χ4v) is 3.46. The molecule has 1 aliphatic heterocycles. The SMILES string of the molecule is Clc1cc(Cl)cc(SNc2ccc3c(c2)CCN3)c1. The molecule has 2 N–H and O–H groups in total. The summed E-state index contributed by atoms with van der Waals surface area (Å²) in [4.78, 5) is 0.996. The van der Waals surface area contributed by atoms with E-state index < -0.39 is 0 Å². The maximum absolute atomic E-state index is 5.97. The monoisotopic (exact) mass is 310 g/mol. The van der Waals surface area contributed by atoms with Crippen molar-refractivity contribution in [1.29, 1.82) is 0 Å². The minimum Gasteiger partial charge on any atom is -0.384 e. The highest BCUT2D eigenvalue weighted by atomic mass is 35.5. The molecule has 1 aliphatic rings. The standard InChI is InChI=1S/C14H12Cl2N2S/c15-10-6-11(16)8-13(7-10)19-18-12-1-2-14-9(5-12)3-4-17-14/h1-2,5-8,17-18H,3-4H2. The normalized spacial score (nSPS) is 12.9. The van der Waals surface area contributed by atoms with Gasteiger partial charge in [0.15, 0.2) is 0 Å². The van der Waals surface area contributed by atoms with Crippen molar-refractivity contribution in [2.24, 2.45) is 0 Å². The van der Waals surface area contributed by atoms with Crippen LogP contribution in [0.5, 0.6) is 0 Å². The molecule has 0 amide bonds. The third kappa shape index (κ3) is 3.11. The Hall–Kier alpha value is -1.03. The number of hydrogen-bond donors (Lipinski definition) is 2. The van der Waals surface area contributed by atoms with E-state index in [1.54, 1.807) is 6.07 Å². The number of hydrogen-bond acceptors (Lipinski definition) is 3. The van der Waals surface area contributed by atoms with Crippen LogP contribution in [0.1, 0.15) is 5.56 Å². The highest BCUT2D eigenvalue weighted by Crippen LogP contribution is 2.30. The molecule has 2 nitrogen and oxygen atoms in total. The molecule has 1 heterocycles. The molecule has 19 heavy (non-hydrogen) atoms. The molecule has 0 aliphatic carbocycles. The molecule has 2 aromatic rings. The van der Waals surface area contributed by atoms with Gasteiger partial charge in [0.05, 0.1) is 0 Å². The van der Waals surface area contributed by atoms with Crippen molar-refractivity contribution in [2.75, 3.05) is 16.6 Å². The van der Waals surface area contributed by atoms with Crippen LogP contribution in [0, 0.1) is 0 Å². The van der Waals surface area contributed by atoms with Gasteiger partial charge in [0.1, 0.15) is 0 Å². The molecule has 0 bridgehead atoms. The van der Waals surface area contributed by atoms with Crippen molar-refractivity contribution in [3.63, 3.8) is 0 Å². The first-order chi connectivity index (χ1) is 9.20. The van der Waals surface area contributed by atoms with Crippen LogP contribution in [0.4, 0.5) is 11.4 Å². The van der Waals surface area contributed by atoms with E-state index in [-0.39, 0.29) is 0 Å². The molecule has 0 unspecified atom stereocenters. The summed E-state index contributed by atoms with van der Waals surface area (Å²) >= 11 is 13.5. The molecule has 2 aromatic carbocycles. The summed E-state index contributed by atoms with van der Waals surface area (Å²) in [6.07, 6.45) is 1.08. The lowest BCUT2D eigenvalue weighted by Gasteiger charge is -2.08. The first-order valence-electron chi connectivity index (χ1n) is 5.96. The van der Waals surface area contributed by atoms with E-state index >= 15 is 0 Å². The van der Waals surface area contributed by atoms with Gasteiger partial charge in [0.2, 0.25) is 0 Å². The molecular weight excluding hydrogens is 299 g/mol. The van der Waals surface area contributed by atoms with Crippen molar-refractivity contribution in [1.82, 2.24) is 0 Å². The molecule has 0 spiro atoms. The number of nitrogens with one attached hydrogen (secondary N) is 2. The summed E-state index contributed by atoms with van der Waals surface area (Å²) in [6.45, 7) is 1.02. The van der Waals surface area contributed by atoms with Crippen molar-refractivity contribution >= 4 is 46.5 Å². The number of fused-ring (bicyclic) bond motifs is 1. The third-order valence-corrected chi connectivity index (χ3v) is 4.18. The Kier molecular flexibility index (Phi) is 3.78. The van der Waals surface area contributed by atoms with Gasteiger partial charge < -0.3 is 10.0 Å². The van der Waals surface area contributed by atoms with E-state index in [1.165, 1.54) is 23.2 Å². The summed E-state index contributed by atoms with van der Waals surface area (Å²) < 4.78 is 3.32. The predicted octanol–water partition coefficient (Wildman–Crippen LogP) is 5.08. The third-order valence-electron chi connectivity index (χ3n) is 2.94. The Morgan fingerprint density at radius 2 is 1.84 bits per heavy atom. The van der Waals surface area contributed by atoms with Crippen LogP contribution in [0.2, 0.25) is 10.0 Å². The lowest BCUT2D eigenvalue weighted by atomic mass is 10.1. The average Bonchev–Trinajstić information content (AvgIpc) is 2.82. The fourth-order valence-electron chi connectivity index (χ4n) is 2.07. The van der Waals surface area contributed by atoms with Crippen LogP contribution >= 0.6 is 35.1 Å². The molecule has 0 fully saturated rings. The smallest absolute Gasteiger partial charge is 0.0447 e. The first kappa shape index (κ1) is 13.0. The Balaban J connectivity index is 1.72. The Bertz CT molecular complexity index is 596. The van der Waals surface area contributed by atoms with E-state index in [0.29, 0.717) is 10.0 Å². The van der Waals surface area contributed by atoms with Gasteiger partial charge in [-0.1, -0.05) is 23.2 Å². The van der Waals surface area contributed by atoms with Crippen LogP contribution in [-0.2, 0) is 6.42 Å². The zero-order valence-electron chi connectivity index (χ0n) is 10.0. The molecule has 0 radical (unpaired) electrons.